The molecule has 2 nitrogen and oxygen atoms in total. The Kier molecular flexibility index (Phi) is 4.49. The lowest BCUT2D eigenvalue weighted by Crippen LogP contribution is -2.19. The van der Waals surface area contributed by atoms with Crippen LogP contribution in [0.1, 0.15) is 35.2 Å². The van der Waals surface area contributed by atoms with Gasteiger partial charge in [0.1, 0.15) is 5.82 Å². The Morgan fingerprint density at radius 1 is 1.25 bits per heavy atom. The van der Waals surface area contributed by atoms with Crippen molar-refractivity contribution in [2.24, 2.45) is 0 Å². The normalized spacial score (nSPS) is 11.9. The minimum absolute atomic E-state index is 0.144. The molecular formula is C17H17FN2. The topological polar surface area (TPSA) is 35.8 Å². The van der Waals surface area contributed by atoms with Gasteiger partial charge < -0.3 is 5.32 Å². The molecule has 0 saturated carbocycles. The molecule has 0 fully saturated rings. The maximum absolute atomic E-state index is 13.3. The van der Waals surface area contributed by atoms with Crippen molar-refractivity contribution >= 4 is 0 Å². The molecule has 102 valence electrons. The highest BCUT2D eigenvalue weighted by Crippen LogP contribution is 2.18. The summed E-state index contributed by atoms with van der Waals surface area (Å²) < 4.78 is 13.3. The van der Waals surface area contributed by atoms with Crippen LogP contribution in [-0.2, 0) is 6.54 Å². The summed E-state index contributed by atoms with van der Waals surface area (Å²) in [6, 6.07) is 14.6. The number of nitrogens with zero attached hydrogens (tertiary/aromatic N) is 1. The Bertz CT molecular complexity index is 644. The summed E-state index contributed by atoms with van der Waals surface area (Å²) in [5.41, 5.74) is 3.62. The van der Waals surface area contributed by atoms with E-state index in [9.17, 15) is 4.39 Å². The van der Waals surface area contributed by atoms with E-state index in [4.69, 9.17) is 5.26 Å². The van der Waals surface area contributed by atoms with E-state index >= 15 is 0 Å². The molecule has 2 rings (SSSR count). The largest absolute Gasteiger partial charge is 0.306 e. The van der Waals surface area contributed by atoms with E-state index in [1.807, 2.05) is 12.1 Å². The van der Waals surface area contributed by atoms with Gasteiger partial charge in [-0.1, -0.05) is 24.3 Å². The first-order chi connectivity index (χ1) is 9.61. The Labute approximate surface area is 118 Å². The van der Waals surface area contributed by atoms with E-state index in [0.29, 0.717) is 17.7 Å². The van der Waals surface area contributed by atoms with Crippen LogP contribution in [0, 0.1) is 24.1 Å². The van der Waals surface area contributed by atoms with Gasteiger partial charge in [-0.05, 0) is 48.7 Å². The maximum atomic E-state index is 13.3. The number of aryl methyl sites for hydroxylation is 1. The maximum Gasteiger partial charge on any atom is 0.123 e. The standard InChI is InChI=1S/C17H17FN2/c1-12-5-3-4-6-17(12)13(2)20-11-15-9-16(18)8-7-14(15)10-19/h3-9,13,20H,11H2,1-2H3/t13-/m0/s1. The molecule has 3 heteroatoms. The van der Waals surface area contributed by atoms with E-state index in [1.54, 1.807) is 0 Å². The molecule has 0 unspecified atom stereocenters. The van der Waals surface area contributed by atoms with E-state index in [0.717, 1.165) is 0 Å². The van der Waals surface area contributed by atoms with Crippen molar-refractivity contribution in [3.8, 4) is 6.07 Å². The molecule has 1 atom stereocenters. The molecule has 0 aliphatic heterocycles. The number of nitrogens with one attached hydrogen (secondary N) is 1. The lowest BCUT2D eigenvalue weighted by atomic mass is 10.0. The summed E-state index contributed by atoms with van der Waals surface area (Å²) in [5.74, 6) is -0.315. The summed E-state index contributed by atoms with van der Waals surface area (Å²) >= 11 is 0. The predicted molar refractivity (Wildman–Crippen MR) is 77.5 cm³/mol. The third-order valence-electron chi connectivity index (χ3n) is 3.44. The average Bonchev–Trinajstić information content (AvgIpc) is 2.45. The molecule has 0 heterocycles. The second-order valence-corrected chi connectivity index (χ2v) is 4.87. The highest BCUT2D eigenvalue weighted by Gasteiger charge is 2.09. The summed E-state index contributed by atoms with van der Waals surface area (Å²) in [4.78, 5) is 0. The van der Waals surface area contributed by atoms with Crippen molar-refractivity contribution in [3.63, 3.8) is 0 Å². The minimum atomic E-state index is -0.315. The molecule has 0 amide bonds. The fourth-order valence-electron chi connectivity index (χ4n) is 2.26. The summed E-state index contributed by atoms with van der Waals surface area (Å²) in [6.45, 7) is 4.60. The molecule has 0 spiro atoms. The number of benzene rings is 2. The van der Waals surface area contributed by atoms with Gasteiger partial charge in [0, 0.05) is 12.6 Å². The Hall–Kier alpha value is -2.18. The van der Waals surface area contributed by atoms with Crippen molar-refractivity contribution in [3.05, 3.63) is 70.5 Å². The van der Waals surface area contributed by atoms with Gasteiger partial charge in [-0.3, -0.25) is 0 Å². The highest BCUT2D eigenvalue weighted by molar-refractivity contribution is 5.38. The lowest BCUT2D eigenvalue weighted by Gasteiger charge is -2.17. The fraction of sp³-hybridized carbons (Fsp3) is 0.235. The molecule has 0 radical (unpaired) electrons. The molecule has 0 aliphatic rings. The van der Waals surface area contributed by atoms with Gasteiger partial charge in [-0.15, -0.1) is 0 Å². The van der Waals surface area contributed by atoms with E-state index in [-0.39, 0.29) is 11.9 Å². The first-order valence-electron chi connectivity index (χ1n) is 6.59. The zero-order valence-electron chi connectivity index (χ0n) is 11.7. The number of rotatable bonds is 4. The summed E-state index contributed by atoms with van der Waals surface area (Å²) in [5, 5.41) is 12.4. The van der Waals surface area contributed by atoms with Gasteiger partial charge in [0.05, 0.1) is 11.6 Å². The van der Waals surface area contributed by atoms with Gasteiger partial charge in [0.25, 0.3) is 0 Å². The first kappa shape index (κ1) is 14.2. The molecule has 0 aliphatic carbocycles. The smallest absolute Gasteiger partial charge is 0.123 e. The monoisotopic (exact) mass is 268 g/mol. The molecule has 1 N–H and O–H groups in total. The second kappa shape index (κ2) is 6.31. The Morgan fingerprint density at radius 2 is 2.00 bits per heavy atom. The molecule has 2 aromatic rings. The zero-order chi connectivity index (χ0) is 14.5. The Morgan fingerprint density at radius 3 is 2.70 bits per heavy atom. The van der Waals surface area contributed by atoms with Crippen molar-refractivity contribution in [1.29, 1.82) is 5.26 Å². The Balaban J connectivity index is 2.11. The molecule has 20 heavy (non-hydrogen) atoms. The molecule has 0 aromatic heterocycles. The van der Waals surface area contributed by atoms with Crippen LogP contribution in [0.15, 0.2) is 42.5 Å². The number of hydrogen-bond donors (Lipinski definition) is 1. The first-order valence-corrected chi connectivity index (χ1v) is 6.59. The van der Waals surface area contributed by atoms with Crippen LogP contribution < -0.4 is 5.32 Å². The summed E-state index contributed by atoms with van der Waals surface area (Å²) in [6.07, 6.45) is 0. The van der Waals surface area contributed by atoms with Crippen LogP contribution in [0.25, 0.3) is 0 Å². The average molecular weight is 268 g/mol. The zero-order valence-corrected chi connectivity index (χ0v) is 11.7. The molecule has 2 aromatic carbocycles. The number of nitriles is 1. The fourth-order valence-corrected chi connectivity index (χ4v) is 2.26. The van der Waals surface area contributed by atoms with Crippen molar-refractivity contribution in [1.82, 2.24) is 5.32 Å². The molecule has 0 bridgehead atoms. The summed E-state index contributed by atoms with van der Waals surface area (Å²) in [7, 11) is 0. The second-order valence-electron chi connectivity index (χ2n) is 4.87. The van der Waals surface area contributed by atoms with Gasteiger partial charge in [0.2, 0.25) is 0 Å². The minimum Gasteiger partial charge on any atom is -0.306 e. The molecular weight excluding hydrogens is 251 g/mol. The van der Waals surface area contributed by atoms with Gasteiger partial charge in [0.15, 0.2) is 0 Å². The van der Waals surface area contributed by atoms with Gasteiger partial charge in [-0.25, -0.2) is 4.39 Å². The van der Waals surface area contributed by atoms with Crippen molar-refractivity contribution in [2.75, 3.05) is 0 Å². The van der Waals surface area contributed by atoms with E-state index < -0.39 is 0 Å². The molecule has 0 saturated heterocycles. The third kappa shape index (κ3) is 3.23. The predicted octanol–water partition coefficient (Wildman–Crippen LogP) is 3.86. The van der Waals surface area contributed by atoms with Crippen LogP contribution in [0.5, 0.6) is 0 Å². The van der Waals surface area contributed by atoms with Crippen molar-refractivity contribution < 1.29 is 4.39 Å². The number of hydrogen-bond acceptors (Lipinski definition) is 2. The van der Waals surface area contributed by atoms with Gasteiger partial charge >= 0.3 is 0 Å². The van der Waals surface area contributed by atoms with Crippen LogP contribution >= 0.6 is 0 Å². The van der Waals surface area contributed by atoms with E-state index in [1.165, 1.54) is 29.3 Å². The SMILES string of the molecule is Cc1ccccc1[C@H](C)NCc1cc(F)ccc1C#N. The quantitative estimate of drug-likeness (QED) is 0.914. The van der Waals surface area contributed by atoms with Crippen LogP contribution in [0.4, 0.5) is 4.39 Å². The lowest BCUT2D eigenvalue weighted by molar-refractivity contribution is 0.566. The van der Waals surface area contributed by atoms with Gasteiger partial charge in [-0.2, -0.15) is 5.26 Å². The van der Waals surface area contributed by atoms with Crippen LogP contribution in [0.3, 0.4) is 0 Å². The van der Waals surface area contributed by atoms with Crippen LogP contribution in [-0.4, -0.2) is 0 Å². The van der Waals surface area contributed by atoms with Crippen molar-refractivity contribution in [2.45, 2.75) is 26.4 Å². The third-order valence-corrected chi connectivity index (χ3v) is 3.44. The van der Waals surface area contributed by atoms with E-state index in [2.05, 4.69) is 37.4 Å². The number of halogens is 1. The highest BCUT2D eigenvalue weighted by atomic mass is 19.1. The van der Waals surface area contributed by atoms with Crippen LogP contribution in [0.2, 0.25) is 0 Å².